The molecule has 0 aromatic heterocycles. The molecule has 10 nitrogen and oxygen atoms in total. The molecule has 138 valence electrons. The van der Waals surface area contributed by atoms with Crippen LogP contribution < -0.4 is 10.6 Å². The van der Waals surface area contributed by atoms with Crippen LogP contribution in [-0.2, 0) is 19.1 Å². The van der Waals surface area contributed by atoms with Crippen LogP contribution in [0.1, 0.15) is 27.2 Å². The van der Waals surface area contributed by atoms with E-state index in [0.717, 1.165) is 0 Å². The predicted octanol–water partition coefficient (Wildman–Crippen LogP) is -2.66. The normalized spacial score (nSPS) is 32.5. The largest absolute Gasteiger partial charge is 0.479 e. The number of hydrogen-bond acceptors (Lipinski definition) is 7. The van der Waals surface area contributed by atoms with Gasteiger partial charge in [0, 0.05) is 26.8 Å². The summed E-state index contributed by atoms with van der Waals surface area (Å²) in [5.74, 6) is -2.30. The highest BCUT2D eigenvalue weighted by Gasteiger charge is 2.52. The number of nitrogens with one attached hydrogen (secondary N) is 2. The Bertz CT molecular complexity index is 499. The van der Waals surface area contributed by atoms with Gasteiger partial charge in [-0.05, 0) is 6.92 Å². The molecule has 0 aromatic rings. The highest BCUT2D eigenvalue weighted by atomic mass is 16.6. The number of rotatable bonds is 6. The first-order chi connectivity index (χ1) is 11.0. The van der Waals surface area contributed by atoms with E-state index in [4.69, 9.17) is 4.74 Å². The van der Waals surface area contributed by atoms with Crippen LogP contribution in [0.2, 0.25) is 0 Å². The molecule has 1 saturated heterocycles. The van der Waals surface area contributed by atoms with Gasteiger partial charge in [-0.1, -0.05) is 0 Å². The highest BCUT2D eigenvalue weighted by Crippen LogP contribution is 2.32. The third-order valence-corrected chi connectivity index (χ3v) is 3.88. The van der Waals surface area contributed by atoms with Gasteiger partial charge in [-0.2, -0.15) is 0 Å². The number of carboxylic acid groups (broad SMARTS) is 1. The zero-order chi connectivity index (χ0) is 18.7. The maximum absolute atomic E-state index is 11.4. The minimum Gasteiger partial charge on any atom is -0.479 e. The number of aliphatic hydroxyl groups is 3. The van der Waals surface area contributed by atoms with E-state index < -0.39 is 53.8 Å². The standard InChI is InChI=1S/C14H24N2O8/c1-6(17)15-5-9(20)11(21)12-10(16-7(2)18)8(19)4-14(3,24-12)13(22)23/h8-12,19-21H,4-5H2,1-3H3,(H,15,17)(H,16,18)(H,22,23)/t8-,9+,10+,11+,12?,14-/m0/s1. The van der Waals surface area contributed by atoms with Gasteiger partial charge in [0.15, 0.2) is 5.60 Å². The summed E-state index contributed by atoms with van der Waals surface area (Å²) >= 11 is 0. The lowest BCUT2D eigenvalue weighted by Gasteiger charge is -2.45. The Labute approximate surface area is 138 Å². The highest BCUT2D eigenvalue weighted by molar-refractivity contribution is 5.77. The molecule has 1 aliphatic rings. The fourth-order valence-electron chi connectivity index (χ4n) is 2.59. The van der Waals surface area contributed by atoms with Crippen molar-refractivity contribution in [3.05, 3.63) is 0 Å². The van der Waals surface area contributed by atoms with Crippen molar-refractivity contribution in [3.8, 4) is 0 Å². The Morgan fingerprint density at radius 1 is 1.25 bits per heavy atom. The number of aliphatic carboxylic acids is 1. The van der Waals surface area contributed by atoms with Crippen LogP contribution in [-0.4, -0.2) is 80.8 Å². The molecule has 1 rings (SSSR count). The average molecular weight is 348 g/mol. The molecule has 6 atom stereocenters. The van der Waals surface area contributed by atoms with Crippen LogP contribution in [0.5, 0.6) is 0 Å². The van der Waals surface area contributed by atoms with Crippen molar-refractivity contribution in [2.24, 2.45) is 0 Å². The van der Waals surface area contributed by atoms with Crippen molar-refractivity contribution < 1.29 is 39.5 Å². The number of carboxylic acids is 1. The van der Waals surface area contributed by atoms with Crippen molar-refractivity contribution in [2.75, 3.05) is 6.54 Å². The Balaban J connectivity index is 3.01. The summed E-state index contributed by atoms with van der Waals surface area (Å²) in [5, 5.41) is 44.4. The van der Waals surface area contributed by atoms with Crippen LogP contribution in [0, 0.1) is 0 Å². The van der Waals surface area contributed by atoms with E-state index in [9.17, 15) is 34.8 Å². The van der Waals surface area contributed by atoms with Crippen molar-refractivity contribution in [1.82, 2.24) is 10.6 Å². The summed E-state index contributed by atoms with van der Waals surface area (Å²) < 4.78 is 5.41. The Morgan fingerprint density at radius 2 is 1.83 bits per heavy atom. The summed E-state index contributed by atoms with van der Waals surface area (Å²) in [5.41, 5.74) is -1.80. The molecule has 1 unspecified atom stereocenters. The molecule has 1 heterocycles. The molecule has 1 aliphatic heterocycles. The molecule has 2 amide bonds. The number of carbonyl (C=O) groups excluding carboxylic acids is 2. The van der Waals surface area contributed by atoms with E-state index in [2.05, 4.69) is 10.6 Å². The zero-order valence-corrected chi connectivity index (χ0v) is 13.7. The molecule has 0 bridgehead atoms. The minimum atomic E-state index is -1.80. The Hall–Kier alpha value is -1.75. The summed E-state index contributed by atoms with van der Waals surface area (Å²) in [6.45, 7) is 3.34. The number of amides is 2. The second-order valence-electron chi connectivity index (χ2n) is 6.11. The molecule has 0 aromatic carbocycles. The quantitative estimate of drug-likeness (QED) is 0.303. The summed E-state index contributed by atoms with van der Waals surface area (Å²) in [7, 11) is 0. The van der Waals surface area contributed by atoms with Gasteiger partial charge in [0.1, 0.15) is 12.2 Å². The van der Waals surface area contributed by atoms with E-state index in [-0.39, 0.29) is 13.0 Å². The molecule has 0 spiro atoms. The zero-order valence-electron chi connectivity index (χ0n) is 13.7. The first-order valence-electron chi connectivity index (χ1n) is 7.45. The molecular weight excluding hydrogens is 324 g/mol. The lowest BCUT2D eigenvalue weighted by molar-refractivity contribution is -0.222. The van der Waals surface area contributed by atoms with Gasteiger partial charge < -0.3 is 35.8 Å². The molecule has 10 heteroatoms. The van der Waals surface area contributed by atoms with E-state index in [1.54, 1.807) is 0 Å². The lowest BCUT2D eigenvalue weighted by atomic mass is 9.84. The summed E-state index contributed by atoms with van der Waals surface area (Å²) in [6.07, 6.45) is -6.14. The molecular formula is C14H24N2O8. The van der Waals surface area contributed by atoms with Crippen LogP contribution in [0.4, 0.5) is 0 Å². The van der Waals surface area contributed by atoms with Crippen LogP contribution >= 0.6 is 0 Å². The smallest absolute Gasteiger partial charge is 0.335 e. The van der Waals surface area contributed by atoms with E-state index in [0.29, 0.717) is 0 Å². The van der Waals surface area contributed by atoms with Crippen LogP contribution in [0.25, 0.3) is 0 Å². The van der Waals surface area contributed by atoms with Gasteiger partial charge in [0.2, 0.25) is 11.8 Å². The summed E-state index contributed by atoms with van der Waals surface area (Å²) in [4.78, 5) is 33.6. The Morgan fingerprint density at radius 3 is 2.29 bits per heavy atom. The summed E-state index contributed by atoms with van der Waals surface area (Å²) in [6, 6.07) is -1.11. The van der Waals surface area contributed by atoms with Crippen molar-refractivity contribution in [2.45, 2.75) is 63.3 Å². The molecule has 0 saturated carbocycles. The lowest BCUT2D eigenvalue weighted by Crippen LogP contribution is -2.66. The fraction of sp³-hybridized carbons (Fsp3) is 0.786. The van der Waals surface area contributed by atoms with E-state index in [1.165, 1.54) is 20.8 Å². The average Bonchev–Trinajstić information content (AvgIpc) is 2.46. The third kappa shape index (κ3) is 4.87. The third-order valence-electron chi connectivity index (χ3n) is 3.88. The maximum atomic E-state index is 11.4. The van der Waals surface area contributed by atoms with Crippen molar-refractivity contribution in [1.29, 1.82) is 0 Å². The number of aliphatic hydroxyl groups excluding tert-OH is 3. The molecule has 24 heavy (non-hydrogen) atoms. The van der Waals surface area contributed by atoms with Crippen molar-refractivity contribution in [3.63, 3.8) is 0 Å². The first kappa shape index (κ1) is 20.3. The van der Waals surface area contributed by atoms with Gasteiger partial charge in [-0.15, -0.1) is 0 Å². The first-order valence-corrected chi connectivity index (χ1v) is 7.45. The van der Waals surface area contributed by atoms with Gasteiger partial charge in [0.05, 0.1) is 18.2 Å². The molecule has 1 fully saturated rings. The van der Waals surface area contributed by atoms with Crippen LogP contribution in [0.15, 0.2) is 0 Å². The van der Waals surface area contributed by atoms with Gasteiger partial charge in [0.25, 0.3) is 0 Å². The molecule has 0 radical (unpaired) electrons. The van der Waals surface area contributed by atoms with Gasteiger partial charge >= 0.3 is 5.97 Å². The number of ether oxygens (including phenoxy) is 1. The van der Waals surface area contributed by atoms with E-state index >= 15 is 0 Å². The second-order valence-corrected chi connectivity index (χ2v) is 6.11. The number of hydrogen-bond donors (Lipinski definition) is 6. The SMILES string of the molecule is CC(=O)NC[C@@H](O)[C@@H](O)C1O[C@](C)(C(=O)O)C[C@H](O)[C@H]1NC(C)=O. The Kier molecular flexibility index (Phi) is 6.67. The van der Waals surface area contributed by atoms with Crippen LogP contribution in [0.3, 0.4) is 0 Å². The van der Waals surface area contributed by atoms with E-state index in [1.807, 2.05) is 0 Å². The predicted molar refractivity (Wildman–Crippen MR) is 79.8 cm³/mol. The number of carbonyl (C=O) groups is 3. The van der Waals surface area contributed by atoms with Gasteiger partial charge in [-0.25, -0.2) is 4.79 Å². The molecule has 0 aliphatic carbocycles. The monoisotopic (exact) mass is 348 g/mol. The fourth-order valence-corrected chi connectivity index (χ4v) is 2.59. The topological polar surface area (TPSA) is 165 Å². The second kappa shape index (κ2) is 7.88. The maximum Gasteiger partial charge on any atom is 0.335 e. The van der Waals surface area contributed by atoms with Crippen molar-refractivity contribution >= 4 is 17.8 Å². The van der Waals surface area contributed by atoms with Gasteiger partial charge in [-0.3, -0.25) is 9.59 Å². The minimum absolute atomic E-state index is 0.303. The molecule has 6 N–H and O–H groups in total.